The molecule has 28 heavy (non-hydrogen) atoms. The smallest absolute Gasteiger partial charge is 0.387 e. The lowest BCUT2D eigenvalue weighted by atomic mass is 10.2. The van der Waals surface area contributed by atoms with Gasteiger partial charge in [0, 0.05) is 18.3 Å². The summed E-state index contributed by atoms with van der Waals surface area (Å²) in [4.78, 5) is 14.5. The molecule has 2 aromatic rings. The molecule has 1 saturated carbocycles. The summed E-state index contributed by atoms with van der Waals surface area (Å²) in [5.41, 5.74) is 1.64. The van der Waals surface area contributed by atoms with Crippen LogP contribution in [0.15, 0.2) is 48.5 Å². The van der Waals surface area contributed by atoms with Crippen LogP contribution in [0.25, 0.3) is 0 Å². The number of benzene rings is 2. The Morgan fingerprint density at radius 2 is 1.93 bits per heavy atom. The zero-order chi connectivity index (χ0) is 19.9. The molecule has 5 nitrogen and oxygen atoms in total. The van der Waals surface area contributed by atoms with Crippen LogP contribution in [0.1, 0.15) is 25.3 Å². The Labute approximate surface area is 163 Å². The number of alkyl halides is 2. The van der Waals surface area contributed by atoms with Crippen LogP contribution in [0.5, 0.6) is 11.5 Å². The Morgan fingerprint density at radius 3 is 2.57 bits per heavy atom. The second-order valence-electron chi connectivity index (χ2n) is 6.64. The van der Waals surface area contributed by atoms with E-state index in [-0.39, 0.29) is 24.0 Å². The summed E-state index contributed by atoms with van der Waals surface area (Å²) in [6.45, 7) is 0.00783. The summed E-state index contributed by atoms with van der Waals surface area (Å²) in [6.07, 6.45) is 2.09. The van der Waals surface area contributed by atoms with Crippen molar-refractivity contribution in [3.8, 4) is 11.5 Å². The molecule has 7 heteroatoms. The van der Waals surface area contributed by atoms with Crippen molar-refractivity contribution in [1.82, 2.24) is 4.90 Å². The monoisotopic (exact) mass is 390 g/mol. The third-order valence-electron chi connectivity index (χ3n) is 4.38. The molecule has 0 unspecified atom stereocenters. The fourth-order valence-corrected chi connectivity index (χ4v) is 3.01. The number of anilines is 1. The number of amides is 1. The molecule has 1 aliphatic carbocycles. The Bertz CT molecular complexity index is 782. The molecule has 0 saturated heterocycles. The van der Waals surface area contributed by atoms with Gasteiger partial charge in [0.05, 0.1) is 13.2 Å². The molecule has 0 spiro atoms. The van der Waals surface area contributed by atoms with Crippen molar-refractivity contribution >= 4 is 11.6 Å². The molecule has 3 rings (SSSR count). The Kier molecular flexibility index (Phi) is 6.81. The van der Waals surface area contributed by atoms with Crippen molar-refractivity contribution in [1.29, 1.82) is 0 Å². The quantitative estimate of drug-likeness (QED) is 0.658. The van der Waals surface area contributed by atoms with Gasteiger partial charge < -0.3 is 14.8 Å². The molecule has 150 valence electrons. The molecule has 0 heterocycles. The maximum absolute atomic E-state index is 12.6. The molecular formula is C21H24F2N2O3. The zero-order valence-electron chi connectivity index (χ0n) is 15.7. The second kappa shape index (κ2) is 9.50. The van der Waals surface area contributed by atoms with E-state index in [0.717, 1.165) is 24.1 Å². The summed E-state index contributed by atoms with van der Waals surface area (Å²) in [5, 5.41) is 2.89. The average molecular weight is 390 g/mol. The lowest BCUT2D eigenvalue weighted by Crippen LogP contribution is -2.34. The van der Waals surface area contributed by atoms with Crippen LogP contribution >= 0.6 is 0 Å². The highest BCUT2D eigenvalue weighted by molar-refractivity contribution is 5.92. The molecule has 0 atom stereocenters. The van der Waals surface area contributed by atoms with Gasteiger partial charge in [0.25, 0.3) is 0 Å². The second-order valence-corrected chi connectivity index (χ2v) is 6.64. The van der Waals surface area contributed by atoms with Gasteiger partial charge in [-0.3, -0.25) is 9.69 Å². The number of para-hydroxylation sites is 1. The van der Waals surface area contributed by atoms with Crippen molar-refractivity contribution < 1.29 is 23.0 Å². The molecule has 1 aliphatic rings. The molecule has 1 amide bonds. The number of halogens is 2. The van der Waals surface area contributed by atoms with Crippen molar-refractivity contribution in [2.24, 2.45) is 0 Å². The molecule has 1 N–H and O–H groups in total. The molecule has 0 aliphatic heterocycles. The first-order chi connectivity index (χ1) is 13.5. The number of nitrogens with one attached hydrogen (secondary N) is 1. The molecule has 2 aromatic carbocycles. The number of hydrogen-bond donors (Lipinski definition) is 1. The van der Waals surface area contributed by atoms with E-state index in [1.165, 1.54) is 6.07 Å². The minimum absolute atomic E-state index is 0.0143. The number of nitrogens with zero attached hydrogens (tertiary/aromatic N) is 1. The largest absolute Gasteiger partial charge is 0.490 e. The normalized spacial score (nSPS) is 13.6. The van der Waals surface area contributed by atoms with Crippen LogP contribution in [-0.2, 0) is 11.3 Å². The highest BCUT2D eigenvalue weighted by atomic mass is 19.3. The van der Waals surface area contributed by atoms with E-state index < -0.39 is 6.61 Å². The third kappa shape index (κ3) is 5.92. The topological polar surface area (TPSA) is 50.8 Å². The summed E-state index contributed by atoms with van der Waals surface area (Å²) in [5.74, 6) is 0.214. The minimum Gasteiger partial charge on any atom is -0.490 e. The van der Waals surface area contributed by atoms with Crippen molar-refractivity contribution in [3.63, 3.8) is 0 Å². The third-order valence-corrected chi connectivity index (χ3v) is 4.38. The standard InChI is InChI=1S/C21H24F2N2O3/c1-2-27-19-12-15(8-11-18(19)28-21(22)23)13-25(17-9-10-17)14-20(26)24-16-6-4-3-5-7-16/h3-8,11-12,17,21H,2,9-10,13-14H2,1H3,(H,24,26). The molecule has 1 fully saturated rings. The number of ether oxygens (including phenoxy) is 2. The van der Waals surface area contributed by atoms with Gasteiger partial charge in [-0.05, 0) is 49.6 Å². The van der Waals surface area contributed by atoms with E-state index in [1.807, 2.05) is 30.3 Å². The van der Waals surface area contributed by atoms with Crippen LogP contribution in [-0.4, -0.2) is 36.6 Å². The SMILES string of the molecule is CCOc1cc(CN(CC(=O)Nc2ccccc2)C2CC2)ccc1OC(F)F. The average Bonchev–Trinajstić information content (AvgIpc) is 3.49. The minimum atomic E-state index is -2.91. The van der Waals surface area contributed by atoms with Crippen LogP contribution in [0, 0.1) is 0 Å². The summed E-state index contributed by atoms with van der Waals surface area (Å²) in [6, 6.07) is 14.6. The lowest BCUT2D eigenvalue weighted by molar-refractivity contribution is -0.117. The first kappa shape index (κ1) is 20.1. The summed E-state index contributed by atoms with van der Waals surface area (Å²) >= 11 is 0. The molecule has 0 radical (unpaired) electrons. The van der Waals surface area contributed by atoms with Crippen LogP contribution in [0.3, 0.4) is 0 Å². The van der Waals surface area contributed by atoms with Crippen LogP contribution in [0.4, 0.5) is 14.5 Å². The van der Waals surface area contributed by atoms with Gasteiger partial charge in [0.15, 0.2) is 11.5 Å². The van der Waals surface area contributed by atoms with Gasteiger partial charge in [-0.2, -0.15) is 8.78 Å². The van der Waals surface area contributed by atoms with Crippen molar-refractivity contribution in [2.45, 2.75) is 39.0 Å². The number of carbonyl (C=O) groups excluding carboxylic acids is 1. The molecular weight excluding hydrogens is 366 g/mol. The number of hydrogen-bond acceptors (Lipinski definition) is 4. The van der Waals surface area contributed by atoms with Crippen molar-refractivity contribution in [3.05, 3.63) is 54.1 Å². The zero-order valence-corrected chi connectivity index (χ0v) is 15.7. The van der Waals surface area contributed by atoms with E-state index >= 15 is 0 Å². The predicted octanol–water partition coefficient (Wildman–Crippen LogP) is 4.29. The van der Waals surface area contributed by atoms with E-state index in [2.05, 4.69) is 15.0 Å². The maximum atomic E-state index is 12.6. The maximum Gasteiger partial charge on any atom is 0.387 e. The van der Waals surface area contributed by atoms with E-state index in [1.54, 1.807) is 19.1 Å². The van der Waals surface area contributed by atoms with E-state index in [0.29, 0.717) is 19.2 Å². The Hall–Kier alpha value is -2.67. The van der Waals surface area contributed by atoms with Gasteiger partial charge in [0.2, 0.25) is 5.91 Å². The van der Waals surface area contributed by atoms with Crippen molar-refractivity contribution in [2.75, 3.05) is 18.5 Å². The molecule has 0 bridgehead atoms. The van der Waals surface area contributed by atoms with Gasteiger partial charge in [-0.15, -0.1) is 0 Å². The van der Waals surface area contributed by atoms with E-state index in [9.17, 15) is 13.6 Å². The van der Waals surface area contributed by atoms with Crippen LogP contribution in [0.2, 0.25) is 0 Å². The van der Waals surface area contributed by atoms with E-state index in [4.69, 9.17) is 4.74 Å². The van der Waals surface area contributed by atoms with Crippen LogP contribution < -0.4 is 14.8 Å². The fourth-order valence-electron chi connectivity index (χ4n) is 3.01. The highest BCUT2D eigenvalue weighted by Gasteiger charge is 2.30. The first-order valence-electron chi connectivity index (χ1n) is 9.34. The van der Waals surface area contributed by atoms with Gasteiger partial charge in [0.1, 0.15) is 0 Å². The fraction of sp³-hybridized carbons (Fsp3) is 0.381. The Balaban J connectivity index is 1.66. The van der Waals surface area contributed by atoms with Gasteiger partial charge in [-0.25, -0.2) is 0 Å². The molecule has 0 aromatic heterocycles. The summed E-state index contributed by atoms with van der Waals surface area (Å²) in [7, 11) is 0. The number of rotatable bonds is 10. The number of carbonyl (C=O) groups is 1. The lowest BCUT2D eigenvalue weighted by Gasteiger charge is -2.22. The highest BCUT2D eigenvalue weighted by Crippen LogP contribution is 2.32. The van der Waals surface area contributed by atoms with Gasteiger partial charge >= 0.3 is 6.61 Å². The Morgan fingerprint density at radius 1 is 1.18 bits per heavy atom. The summed E-state index contributed by atoms with van der Waals surface area (Å²) < 4.78 is 35.1. The predicted molar refractivity (Wildman–Crippen MR) is 103 cm³/mol. The first-order valence-corrected chi connectivity index (χ1v) is 9.34. The van der Waals surface area contributed by atoms with Gasteiger partial charge in [-0.1, -0.05) is 24.3 Å².